The molecule has 340 valence electrons. The predicted molar refractivity (Wildman–Crippen MR) is 206 cm³/mol. The zero-order valence-corrected chi connectivity index (χ0v) is 35.4. The molecule has 0 saturated carbocycles. The van der Waals surface area contributed by atoms with Crippen molar-refractivity contribution < 1.29 is 100 Å². The Labute approximate surface area is 348 Å². The topological polar surface area (TPSA) is 441 Å². The first-order valence-electron chi connectivity index (χ1n) is 17.0. The number of nitrogens with zero attached hydrogens (tertiary/aromatic N) is 1. The first-order chi connectivity index (χ1) is 27.8. The zero-order valence-electron chi connectivity index (χ0n) is 31.1. The number of rotatable bonds is 29. The molecule has 1 aliphatic heterocycles. The molecule has 0 aromatic heterocycles. The summed E-state index contributed by atoms with van der Waals surface area (Å²) in [6.07, 6.45) is -2.97. The maximum atomic E-state index is 12.2. The molecule has 0 aromatic rings. The Hall–Kier alpha value is -3.42. The average molecular weight is 959 g/mol. The van der Waals surface area contributed by atoms with Gasteiger partial charge < -0.3 is 67.0 Å². The van der Waals surface area contributed by atoms with E-state index in [2.05, 4.69) is 40.9 Å². The van der Waals surface area contributed by atoms with Crippen LogP contribution in [0.1, 0.15) is 44.9 Å². The summed E-state index contributed by atoms with van der Waals surface area (Å²) in [5.74, 6) is 0.0312. The Balaban J connectivity index is 2.42. The average Bonchev–Trinajstić information content (AvgIpc) is 3.49. The molecule has 0 radical (unpaired) electrons. The van der Waals surface area contributed by atoms with Crippen LogP contribution >= 0.6 is 45.1 Å². The molecule has 1 aliphatic rings. The van der Waals surface area contributed by atoms with Crippen LogP contribution in [-0.4, -0.2) is 143 Å². The van der Waals surface area contributed by atoms with Crippen molar-refractivity contribution in [2.45, 2.75) is 75.5 Å². The third kappa shape index (κ3) is 24.1. The number of aliphatic hydroxyl groups excluding tert-OH is 1. The van der Waals surface area contributed by atoms with Crippen molar-refractivity contribution in [1.29, 1.82) is 0 Å². The fourth-order valence-corrected chi connectivity index (χ4v) is 9.48. The second kappa shape index (κ2) is 26.8. The van der Waals surface area contributed by atoms with E-state index < -0.39 is 108 Å². The van der Waals surface area contributed by atoms with Crippen LogP contribution in [0.2, 0.25) is 0 Å². The summed E-state index contributed by atoms with van der Waals surface area (Å²) in [6.45, 7) is -0.992. The summed E-state index contributed by atoms with van der Waals surface area (Å²) >= 11 is 0. The molecule has 14 N–H and O–H groups in total. The lowest BCUT2D eigenvalue weighted by Crippen LogP contribution is -2.42. The molecule has 7 atom stereocenters. The van der Waals surface area contributed by atoms with Crippen LogP contribution in [0.15, 0.2) is 11.8 Å². The van der Waals surface area contributed by atoms with Crippen molar-refractivity contribution in [2.75, 3.05) is 31.2 Å². The second-order valence-corrected chi connectivity index (χ2v) is 19.0. The lowest BCUT2D eigenvalue weighted by Gasteiger charge is -2.22. The number of hydrogen-bond donors (Lipinski definition) is 12. The number of nitrogens with one attached hydrogen (secondary N) is 3. The van der Waals surface area contributed by atoms with Crippen molar-refractivity contribution >= 4 is 87.0 Å². The van der Waals surface area contributed by atoms with E-state index in [-0.39, 0.29) is 44.5 Å². The van der Waals surface area contributed by atoms with Crippen LogP contribution in [-0.2, 0) is 65.1 Å². The summed E-state index contributed by atoms with van der Waals surface area (Å²) in [5.41, 5.74) is 10.8. The van der Waals surface area contributed by atoms with E-state index in [0.29, 0.717) is 25.0 Å². The number of carboxylic acid groups (broad SMARTS) is 2. The molecule has 1 saturated heterocycles. The Kier molecular flexibility index (Phi) is 24.4. The van der Waals surface area contributed by atoms with E-state index >= 15 is 0 Å². The van der Waals surface area contributed by atoms with Crippen LogP contribution in [0.4, 0.5) is 0 Å². The number of carbonyl (C=O) groups excluding carboxylic acids is 5. The Morgan fingerprint density at radius 3 is 2.23 bits per heavy atom. The Morgan fingerprint density at radius 1 is 0.950 bits per heavy atom. The van der Waals surface area contributed by atoms with Gasteiger partial charge in [0.1, 0.15) is 23.9 Å². The number of hydrogen-bond acceptors (Lipinski definition) is 18. The number of carboxylic acids is 2. The van der Waals surface area contributed by atoms with Gasteiger partial charge in [-0.05, 0) is 12.8 Å². The molecule has 0 aliphatic carbocycles. The Bertz CT molecular complexity index is 1780. The van der Waals surface area contributed by atoms with Crippen molar-refractivity contribution in [3.05, 3.63) is 11.8 Å². The van der Waals surface area contributed by atoms with Crippen LogP contribution in [0.25, 0.3) is 0 Å². The largest absolute Gasteiger partial charge is 0.490 e. The smallest absolute Gasteiger partial charge is 0.481 e. The van der Waals surface area contributed by atoms with Gasteiger partial charge in [-0.1, -0.05) is 39.8 Å². The van der Waals surface area contributed by atoms with E-state index in [1.807, 2.05) is 0 Å². The molecule has 60 heavy (non-hydrogen) atoms. The number of primary amides is 1. The van der Waals surface area contributed by atoms with E-state index in [1.165, 1.54) is 21.6 Å². The summed E-state index contributed by atoms with van der Waals surface area (Å²) in [6, 6.07) is -2.38. The fourth-order valence-electron chi connectivity index (χ4n) is 4.34. The van der Waals surface area contributed by atoms with Crippen molar-refractivity contribution in [2.24, 2.45) is 11.5 Å². The summed E-state index contributed by atoms with van der Waals surface area (Å²) in [5, 5.41) is 35.2. The van der Waals surface area contributed by atoms with E-state index in [4.69, 9.17) is 36.2 Å². The first kappa shape index (κ1) is 54.6. The lowest BCUT2D eigenvalue weighted by atomic mass is 10.1. The molecule has 1 fully saturated rings. The highest BCUT2D eigenvalue weighted by Gasteiger charge is 2.43. The van der Waals surface area contributed by atoms with Gasteiger partial charge in [0.2, 0.25) is 24.1 Å². The van der Waals surface area contributed by atoms with Gasteiger partial charge in [-0.2, -0.15) is 8.62 Å². The number of aliphatic carboxylic acids is 2. The maximum absolute atomic E-state index is 12.2. The number of nitrogens with two attached hydrogens (primary N) is 2. The van der Waals surface area contributed by atoms with Gasteiger partial charge in [0, 0.05) is 43.5 Å². The highest BCUT2D eigenvalue weighted by molar-refractivity contribution is 8.76. The number of aliphatic hydroxyl groups is 1. The molecule has 27 nitrogen and oxygen atoms in total. The molecule has 0 bridgehead atoms. The maximum Gasteiger partial charge on any atom is 0.490 e. The van der Waals surface area contributed by atoms with E-state index in [1.54, 1.807) is 0 Å². The molecular formula is C28H45N6O21P3S2. The minimum absolute atomic E-state index is 0.0205. The van der Waals surface area contributed by atoms with Gasteiger partial charge >= 0.3 is 35.4 Å². The second-order valence-electron chi connectivity index (χ2n) is 12.0. The summed E-state index contributed by atoms with van der Waals surface area (Å²) < 4.78 is 51.2. The molecule has 1 heterocycles. The zero-order chi connectivity index (χ0) is 45.7. The van der Waals surface area contributed by atoms with Gasteiger partial charge in [-0.25, -0.2) is 18.5 Å². The number of carbonyl (C=O) groups is 7. The number of unbranched alkanes of at least 4 members (excludes halogenated alkanes) is 2. The number of ether oxygens (including phenoxy) is 1. The SMILES string of the molecule is NC(=O)/C(C#CCNC(=O)CCSSCC(N)C(=O)NCCCCCC(=O)NC(CC(=O)O)C(=O)O)=C\N(C=O)C1CC(O)C(COP(=O)(O)OP(=O)(O)OP(=O)(O)O)O1. The molecule has 0 spiro atoms. The van der Waals surface area contributed by atoms with Crippen LogP contribution in [0.3, 0.4) is 0 Å². The van der Waals surface area contributed by atoms with Gasteiger partial charge in [0.05, 0.1) is 31.7 Å². The van der Waals surface area contributed by atoms with Crippen LogP contribution < -0.4 is 27.4 Å². The fraction of sp³-hybridized carbons (Fsp3) is 0.607. The van der Waals surface area contributed by atoms with Crippen LogP contribution in [0.5, 0.6) is 0 Å². The number of phosphoric ester groups is 1. The Morgan fingerprint density at radius 2 is 1.63 bits per heavy atom. The molecule has 0 aromatic carbocycles. The van der Waals surface area contributed by atoms with Crippen molar-refractivity contribution in [3.8, 4) is 11.8 Å². The minimum Gasteiger partial charge on any atom is -0.481 e. The molecule has 7 unspecified atom stereocenters. The number of phosphoric acid groups is 3. The third-order valence-electron chi connectivity index (χ3n) is 7.09. The van der Waals surface area contributed by atoms with E-state index in [0.717, 1.165) is 11.1 Å². The van der Waals surface area contributed by atoms with Gasteiger partial charge in [-0.3, -0.25) is 38.2 Å². The minimum atomic E-state index is -5.80. The molecule has 5 amide bonds. The standard InChI is InChI=1S/C28H45N6O21P3S2/c29-18(27(42)32-8-3-1-2-6-23(38)33-19(28(43)44)11-25(39)40)15-60-59-10-7-22(37)31-9-4-5-17(26(30)41)13-34(16-35)24-12-20(36)21(53-24)14-52-57(48,49)55-58(50,51)54-56(45,46)47/h13,16,18-21,24,36H,1-3,6-12,14-15,29H2,(H2,30,41)(H,31,37)(H,32,42)(H,33,38)(H,39,40)(H,43,44)(H,48,49)(H,50,51)(H2,45,46,47)/b17-13-. The third-order valence-corrected chi connectivity index (χ3v) is 13.3. The quantitative estimate of drug-likeness (QED) is 0.00926. The molecule has 32 heteroatoms. The van der Waals surface area contributed by atoms with Gasteiger partial charge in [0.15, 0.2) is 0 Å². The normalized spacial score (nSPS) is 19.6. The van der Waals surface area contributed by atoms with E-state index in [9.17, 15) is 62.2 Å². The lowest BCUT2D eigenvalue weighted by molar-refractivity contribution is -0.147. The highest BCUT2D eigenvalue weighted by Crippen LogP contribution is 2.66. The monoisotopic (exact) mass is 958 g/mol. The highest BCUT2D eigenvalue weighted by atomic mass is 33.1. The van der Waals surface area contributed by atoms with Crippen LogP contribution in [0, 0.1) is 11.8 Å². The summed E-state index contributed by atoms with van der Waals surface area (Å²) in [4.78, 5) is 118. The van der Waals surface area contributed by atoms with Gasteiger partial charge in [0.25, 0.3) is 5.91 Å². The first-order valence-corrected chi connectivity index (χ1v) is 24.0. The van der Waals surface area contributed by atoms with Crippen molar-refractivity contribution in [3.63, 3.8) is 0 Å². The molecular weight excluding hydrogens is 913 g/mol. The number of amides is 5. The van der Waals surface area contributed by atoms with Crippen molar-refractivity contribution in [1.82, 2.24) is 20.9 Å². The predicted octanol–water partition coefficient (Wildman–Crippen LogP) is -2.43. The molecule has 1 rings (SSSR count). The summed E-state index contributed by atoms with van der Waals surface area (Å²) in [7, 11) is -14.4. The van der Waals surface area contributed by atoms with Gasteiger partial charge in [-0.15, -0.1) is 0 Å².